The molecule has 0 radical (unpaired) electrons. The zero-order chi connectivity index (χ0) is 15.4. The first-order valence-electron chi connectivity index (χ1n) is 6.04. The summed E-state index contributed by atoms with van der Waals surface area (Å²) in [5, 5.41) is 13.3. The van der Waals surface area contributed by atoms with Crippen molar-refractivity contribution in [1.82, 2.24) is 4.98 Å². The summed E-state index contributed by atoms with van der Waals surface area (Å²) < 4.78 is 0. The molecule has 2 N–H and O–H groups in total. The second kappa shape index (κ2) is 6.98. The third-order valence-corrected chi connectivity index (χ3v) is 3.69. The number of carbonyl (C=O) groups is 1. The van der Waals surface area contributed by atoms with Crippen molar-refractivity contribution in [1.29, 1.82) is 0 Å². The van der Waals surface area contributed by atoms with Crippen molar-refractivity contribution in [2.24, 2.45) is 0 Å². The Bertz CT molecular complexity index is 677. The highest BCUT2D eigenvalue weighted by Crippen LogP contribution is 2.22. The van der Waals surface area contributed by atoms with Crippen LogP contribution in [0.2, 0.25) is 15.1 Å². The highest BCUT2D eigenvalue weighted by molar-refractivity contribution is 6.35. The molecule has 0 saturated heterocycles. The molecule has 110 valence electrons. The molecule has 0 spiro atoms. The first kappa shape index (κ1) is 15.9. The maximum Gasteiger partial charge on any atom is 0.337 e. The van der Waals surface area contributed by atoms with Gasteiger partial charge in [-0.15, -0.1) is 0 Å². The van der Waals surface area contributed by atoms with Crippen LogP contribution < -0.4 is 5.32 Å². The van der Waals surface area contributed by atoms with Crippen molar-refractivity contribution in [3.05, 3.63) is 56.7 Å². The molecule has 0 unspecified atom stereocenters. The molecule has 0 aliphatic rings. The lowest BCUT2D eigenvalue weighted by Crippen LogP contribution is -2.08. The Morgan fingerprint density at radius 3 is 2.62 bits per heavy atom. The van der Waals surface area contributed by atoms with Gasteiger partial charge in [0.15, 0.2) is 0 Å². The molecule has 21 heavy (non-hydrogen) atoms. The topological polar surface area (TPSA) is 62.2 Å². The van der Waals surface area contributed by atoms with Gasteiger partial charge in [-0.2, -0.15) is 0 Å². The molecular formula is C14H11Cl3N2O2. The normalized spacial score (nSPS) is 10.4. The first-order valence-corrected chi connectivity index (χ1v) is 7.17. The number of hydrogen-bond donors (Lipinski definition) is 2. The Morgan fingerprint density at radius 2 is 1.95 bits per heavy atom. The largest absolute Gasteiger partial charge is 0.478 e. The molecule has 0 saturated carbocycles. The minimum atomic E-state index is -1.09. The van der Waals surface area contributed by atoms with Crippen LogP contribution in [0.15, 0.2) is 30.5 Å². The van der Waals surface area contributed by atoms with Crippen LogP contribution in [0.4, 0.5) is 5.82 Å². The van der Waals surface area contributed by atoms with Crippen molar-refractivity contribution < 1.29 is 9.90 Å². The molecular weight excluding hydrogens is 335 g/mol. The number of halogens is 3. The summed E-state index contributed by atoms with van der Waals surface area (Å²) in [4.78, 5) is 15.0. The van der Waals surface area contributed by atoms with Crippen LogP contribution in [0, 0.1) is 0 Å². The number of aromatic nitrogens is 1. The van der Waals surface area contributed by atoms with Crippen LogP contribution in [-0.2, 0) is 6.42 Å². The Balaban J connectivity index is 2.00. The summed E-state index contributed by atoms with van der Waals surface area (Å²) in [6.07, 6.45) is 1.96. The van der Waals surface area contributed by atoms with Gasteiger partial charge in [0.1, 0.15) is 5.82 Å². The fourth-order valence-electron chi connectivity index (χ4n) is 1.75. The van der Waals surface area contributed by atoms with Gasteiger partial charge in [-0.05, 0) is 30.2 Å². The van der Waals surface area contributed by atoms with E-state index in [2.05, 4.69) is 10.3 Å². The molecule has 1 aromatic heterocycles. The summed E-state index contributed by atoms with van der Waals surface area (Å²) >= 11 is 17.7. The van der Waals surface area contributed by atoms with E-state index in [4.69, 9.17) is 39.9 Å². The molecule has 7 heteroatoms. The molecule has 0 fully saturated rings. The van der Waals surface area contributed by atoms with E-state index in [1.54, 1.807) is 12.1 Å². The van der Waals surface area contributed by atoms with Crippen LogP contribution in [0.25, 0.3) is 0 Å². The van der Waals surface area contributed by atoms with E-state index in [0.717, 1.165) is 5.56 Å². The summed E-state index contributed by atoms with van der Waals surface area (Å²) in [6, 6.07) is 6.70. The van der Waals surface area contributed by atoms with E-state index in [1.165, 1.54) is 12.3 Å². The van der Waals surface area contributed by atoms with Gasteiger partial charge < -0.3 is 10.4 Å². The zero-order valence-electron chi connectivity index (χ0n) is 10.7. The molecule has 0 aliphatic carbocycles. The van der Waals surface area contributed by atoms with E-state index in [0.29, 0.717) is 28.8 Å². The average Bonchev–Trinajstić information content (AvgIpc) is 2.42. The Hall–Kier alpha value is -1.49. The standard InChI is InChI=1S/C14H11Cl3N2O2/c15-9-2-1-8(11(16)5-9)3-4-18-13-6-10(14(20)21)12(17)7-19-13/h1-2,5-7H,3-4H2,(H,18,19)(H,20,21). The lowest BCUT2D eigenvalue weighted by Gasteiger charge is -2.08. The van der Waals surface area contributed by atoms with Gasteiger partial charge >= 0.3 is 5.97 Å². The van der Waals surface area contributed by atoms with Gasteiger partial charge in [0.2, 0.25) is 0 Å². The van der Waals surface area contributed by atoms with Crippen LogP contribution in [-0.4, -0.2) is 22.6 Å². The summed E-state index contributed by atoms with van der Waals surface area (Å²) in [5.41, 5.74) is 0.958. The Kier molecular flexibility index (Phi) is 5.28. The number of nitrogens with zero attached hydrogens (tertiary/aromatic N) is 1. The fraction of sp³-hybridized carbons (Fsp3) is 0.143. The predicted octanol–water partition coefficient (Wildman–Crippen LogP) is 4.39. The molecule has 0 aliphatic heterocycles. The fourth-order valence-corrected chi connectivity index (χ4v) is 2.44. The second-order valence-electron chi connectivity index (χ2n) is 4.27. The second-order valence-corrected chi connectivity index (χ2v) is 5.52. The van der Waals surface area contributed by atoms with Gasteiger partial charge in [0.05, 0.1) is 10.6 Å². The average molecular weight is 346 g/mol. The highest BCUT2D eigenvalue weighted by Gasteiger charge is 2.10. The van der Waals surface area contributed by atoms with Crippen molar-refractivity contribution in [3.8, 4) is 0 Å². The number of aromatic carboxylic acids is 1. The SMILES string of the molecule is O=C(O)c1cc(NCCc2ccc(Cl)cc2Cl)ncc1Cl. The van der Waals surface area contributed by atoms with E-state index >= 15 is 0 Å². The maximum absolute atomic E-state index is 11.0. The molecule has 0 bridgehead atoms. The smallest absolute Gasteiger partial charge is 0.337 e. The van der Waals surface area contributed by atoms with Crippen LogP contribution >= 0.6 is 34.8 Å². The lowest BCUT2D eigenvalue weighted by molar-refractivity contribution is 0.0697. The van der Waals surface area contributed by atoms with Gasteiger partial charge in [0, 0.05) is 22.8 Å². The number of pyridine rings is 1. The molecule has 2 rings (SSSR count). The lowest BCUT2D eigenvalue weighted by atomic mass is 10.1. The van der Waals surface area contributed by atoms with Gasteiger partial charge in [0.25, 0.3) is 0 Å². The molecule has 0 amide bonds. The van der Waals surface area contributed by atoms with Gasteiger partial charge in [-0.25, -0.2) is 9.78 Å². The zero-order valence-corrected chi connectivity index (χ0v) is 13.0. The number of carboxylic acids is 1. The van der Waals surface area contributed by atoms with Crippen molar-refractivity contribution in [3.63, 3.8) is 0 Å². The monoisotopic (exact) mass is 344 g/mol. The number of benzene rings is 1. The van der Waals surface area contributed by atoms with Gasteiger partial charge in [-0.1, -0.05) is 40.9 Å². The summed E-state index contributed by atoms with van der Waals surface area (Å²) in [6.45, 7) is 0.551. The number of anilines is 1. The van der Waals surface area contributed by atoms with E-state index in [-0.39, 0.29) is 10.6 Å². The van der Waals surface area contributed by atoms with E-state index in [1.807, 2.05) is 6.07 Å². The van der Waals surface area contributed by atoms with Crippen molar-refractivity contribution in [2.75, 3.05) is 11.9 Å². The molecule has 1 aromatic carbocycles. The quantitative estimate of drug-likeness (QED) is 0.843. The third-order valence-electron chi connectivity index (χ3n) is 2.80. The van der Waals surface area contributed by atoms with Crippen LogP contribution in [0.5, 0.6) is 0 Å². The van der Waals surface area contributed by atoms with Crippen LogP contribution in [0.1, 0.15) is 15.9 Å². The summed E-state index contributed by atoms with van der Waals surface area (Å²) in [5.74, 6) is -0.645. The van der Waals surface area contributed by atoms with Gasteiger partial charge in [-0.3, -0.25) is 0 Å². The van der Waals surface area contributed by atoms with E-state index in [9.17, 15) is 4.79 Å². The number of carboxylic acid groups (broad SMARTS) is 1. The minimum absolute atomic E-state index is 0.0127. The number of nitrogens with one attached hydrogen (secondary N) is 1. The molecule has 0 atom stereocenters. The Morgan fingerprint density at radius 1 is 1.19 bits per heavy atom. The van der Waals surface area contributed by atoms with Crippen LogP contribution in [0.3, 0.4) is 0 Å². The Labute approximate surface area is 136 Å². The molecule has 1 heterocycles. The number of rotatable bonds is 5. The maximum atomic E-state index is 11.0. The highest BCUT2D eigenvalue weighted by atomic mass is 35.5. The van der Waals surface area contributed by atoms with E-state index < -0.39 is 5.97 Å². The molecule has 2 aromatic rings. The molecule has 4 nitrogen and oxygen atoms in total. The van der Waals surface area contributed by atoms with Crippen molar-refractivity contribution >= 4 is 46.6 Å². The first-order chi connectivity index (χ1) is 9.97. The summed E-state index contributed by atoms with van der Waals surface area (Å²) in [7, 11) is 0. The third kappa shape index (κ3) is 4.24. The van der Waals surface area contributed by atoms with Crippen molar-refractivity contribution in [2.45, 2.75) is 6.42 Å². The minimum Gasteiger partial charge on any atom is -0.478 e. The predicted molar refractivity (Wildman–Crippen MR) is 84.9 cm³/mol. The number of hydrogen-bond acceptors (Lipinski definition) is 3.